The van der Waals surface area contributed by atoms with Gasteiger partial charge in [-0.1, -0.05) is 31.0 Å². The van der Waals surface area contributed by atoms with Gasteiger partial charge in [0.25, 0.3) is 0 Å². The van der Waals surface area contributed by atoms with Gasteiger partial charge in [0, 0.05) is 38.8 Å². The first-order valence-electron chi connectivity index (χ1n) is 11.2. The van der Waals surface area contributed by atoms with Crippen LogP contribution in [-0.4, -0.2) is 53.1 Å². The summed E-state index contributed by atoms with van der Waals surface area (Å²) in [4.78, 5) is 42.1. The Hall–Kier alpha value is -3.42. The van der Waals surface area contributed by atoms with E-state index >= 15 is 0 Å². The van der Waals surface area contributed by atoms with Gasteiger partial charge in [0.05, 0.1) is 0 Å². The van der Waals surface area contributed by atoms with E-state index in [2.05, 4.69) is 10.3 Å². The average molecular weight is 454 g/mol. The Bertz CT molecular complexity index is 946. The molecule has 3 rings (SSSR count). The molecule has 1 heterocycles. The third-order valence-electron chi connectivity index (χ3n) is 6.01. The molecule has 1 aliphatic rings. The van der Waals surface area contributed by atoms with Crippen molar-refractivity contribution in [2.75, 3.05) is 14.1 Å². The molecular weight excluding hydrogens is 422 g/mol. The molecule has 1 saturated carbocycles. The van der Waals surface area contributed by atoms with Gasteiger partial charge in [0.1, 0.15) is 11.8 Å². The summed E-state index contributed by atoms with van der Waals surface area (Å²) in [7, 11) is 3.18. The molecule has 3 atom stereocenters. The fraction of sp³-hybridized carbons (Fsp3) is 0.440. The summed E-state index contributed by atoms with van der Waals surface area (Å²) < 4.78 is 5.18. The fourth-order valence-electron chi connectivity index (χ4n) is 4.22. The number of hydrogen-bond donors (Lipinski definition) is 2. The zero-order valence-electron chi connectivity index (χ0n) is 19.1. The standard InChI is InChI=1S/C25H31N3O5/c1-28(2)25(32)33-20-11-9-17(10-12-20)15-22(24(30)31)27-23(29)21-8-4-3-7-19(21)14-18-6-5-13-26-16-18/h5-6,9-13,16,19,21-22H,3-4,7-8,14-15H2,1-2H3,(H,27,29)(H,30,31). The number of carboxylic acids is 1. The lowest BCUT2D eigenvalue weighted by Crippen LogP contribution is -2.47. The smallest absolute Gasteiger partial charge is 0.414 e. The fourth-order valence-corrected chi connectivity index (χ4v) is 4.22. The molecule has 2 aromatic rings. The molecule has 1 aromatic carbocycles. The second-order valence-electron chi connectivity index (χ2n) is 8.73. The highest BCUT2D eigenvalue weighted by Crippen LogP contribution is 2.33. The molecule has 0 aliphatic heterocycles. The van der Waals surface area contributed by atoms with Crippen molar-refractivity contribution >= 4 is 18.0 Å². The number of rotatable bonds is 8. The molecule has 1 aromatic heterocycles. The number of benzene rings is 1. The molecule has 0 radical (unpaired) electrons. The van der Waals surface area contributed by atoms with Gasteiger partial charge in [-0.25, -0.2) is 9.59 Å². The van der Waals surface area contributed by atoms with Crippen LogP contribution in [0.15, 0.2) is 48.8 Å². The molecule has 3 unspecified atom stereocenters. The topological polar surface area (TPSA) is 109 Å². The highest BCUT2D eigenvalue weighted by atomic mass is 16.6. The van der Waals surface area contributed by atoms with Crippen LogP contribution in [0.25, 0.3) is 0 Å². The van der Waals surface area contributed by atoms with E-state index in [0.29, 0.717) is 5.75 Å². The number of carbonyl (C=O) groups is 3. The predicted octanol–water partition coefficient (Wildman–Crippen LogP) is 3.30. The molecule has 0 saturated heterocycles. The molecule has 8 nitrogen and oxygen atoms in total. The molecule has 0 spiro atoms. The second-order valence-corrected chi connectivity index (χ2v) is 8.73. The van der Waals surface area contributed by atoms with Crippen LogP contribution in [0.4, 0.5) is 4.79 Å². The molecule has 2 amide bonds. The van der Waals surface area contributed by atoms with E-state index < -0.39 is 18.1 Å². The van der Waals surface area contributed by atoms with Crippen molar-refractivity contribution in [1.29, 1.82) is 0 Å². The first-order chi connectivity index (χ1) is 15.8. The van der Waals surface area contributed by atoms with Crippen LogP contribution in [-0.2, 0) is 22.4 Å². The second kappa shape index (κ2) is 11.4. The lowest BCUT2D eigenvalue weighted by molar-refractivity contribution is -0.143. The van der Waals surface area contributed by atoms with E-state index in [4.69, 9.17) is 4.74 Å². The number of nitrogens with one attached hydrogen (secondary N) is 1. The number of carboxylic acid groups (broad SMARTS) is 1. The first-order valence-corrected chi connectivity index (χ1v) is 11.2. The molecule has 2 N–H and O–H groups in total. The SMILES string of the molecule is CN(C)C(=O)Oc1ccc(CC(NC(=O)C2CCCCC2Cc2cccnc2)C(=O)O)cc1. The van der Waals surface area contributed by atoms with Crippen LogP contribution in [0.3, 0.4) is 0 Å². The largest absolute Gasteiger partial charge is 0.480 e. The van der Waals surface area contributed by atoms with E-state index in [1.807, 2.05) is 18.3 Å². The minimum absolute atomic E-state index is 0.142. The molecule has 1 fully saturated rings. The van der Waals surface area contributed by atoms with Crippen LogP contribution in [0.5, 0.6) is 5.75 Å². The normalized spacial score (nSPS) is 18.7. The van der Waals surface area contributed by atoms with E-state index in [0.717, 1.165) is 43.2 Å². The van der Waals surface area contributed by atoms with Gasteiger partial charge >= 0.3 is 12.1 Å². The summed E-state index contributed by atoms with van der Waals surface area (Å²) in [5.41, 5.74) is 1.81. The Morgan fingerprint density at radius 3 is 2.48 bits per heavy atom. The minimum atomic E-state index is -1.08. The molecule has 8 heteroatoms. The van der Waals surface area contributed by atoms with Gasteiger partial charge in [-0.2, -0.15) is 0 Å². The number of ether oxygens (including phenoxy) is 1. The Balaban J connectivity index is 1.63. The monoisotopic (exact) mass is 453 g/mol. The summed E-state index contributed by atoms with van der Waals surface area (Å²) in [6.45, 7) is 0. The quantitative estimate of drug-likeness (QED) is 0.635. The predicted molar refractivity (Wildman–Crippen MR) is 123 cm³/mol. The van der Waals surface area contributed by atoms with E-state index in [1.165, 1.54) is 4.90 Å². The van der Waals surface area contributed by atoms with Crippen molar-refractivity contribution in [3.63, 3.8) is 0 Å². The average Bonchev–Trinajstić information content (AvgIpc) is 2.80. The maximum absolute atomic E-state index is 13.1. The number of aromatic nitrogens is 1. The van der Waals surface area contributed by atoms with Crippen molar-refractivity contribution in [1.82, 2.24) is 15.2 Å². The minimum Gasteiger partial charge on any atom is -0.480 e. The number of aliphatic carboxylic acids is 1. The Kier molecular flexibility index (Phi) is 8.40. The van der Waals surface area contributed by atoms with Gasteiger partial charge in [-0.05, 0) is 54.5 Å². The maximum atomic E-state index is 13.1. The highest BCUT2D eigenvalue weighted by Gasteiger charge is 2.33. The van der Waals surface area contributed by atoms with Crippen molar-refractivity contribution in [2.24, 2.45) is 11.8 Å². The number of hydrogen-bond acceptors (Lipinski definition) is 5. The van der Waals surface area contributed by atoms with Gasteiger partial charge in [-0.15, -0.1) is 0 Å². The van der Waals surface area contributed by atoms with Crippen molar-refractivity contribution < 1.29 is 24.2 Å². The Labute approximate surface area is 194 Å². The van der Waals surface area contributed by atoms with Crippen molar-refractivity contribution in [3.8, 4) is 5.75 Å². The van der Waals surface area contributed by atoms with E-state index in [9.17, 15) is 19.5 Å². The van der Waals surface area contributed by atoms with Gasteiger partial charge in [0.2, 0.25) is 5.91 Å². The van der Waals surface area contributed by atoms with E-state index in [-0.39, 0.29) is 24.2 Å². The molecule has 33 heavy (non-hydrogen) atoms. The van der Waals surface area contributed by atoms with Gasteiger partial charge in [-0.3, -0.25) is 9.78 Å². The molecule has 176 valence electrons. The zero-order valence-corrected chi connectivity index (χ0v) is 19.1. The summed E-state index contributed by atoms with van der Waals surface area (Å²) in [5.74, 6) is -0.955. The lowest BCUT2D eigenvalue weighted by atomic mass is 9.75. The van der Waals surface area contributed by atoms with Crippen LogP contribution in [0.1, 0.15) is 36.8 Å². The third-order valence-corrected chi connectivity index (χ3v) is 6.01. The summed E-state index contributed by atoms with van der Waals surface area (Å²) in [6.07, 6.45) is 7.70. The van der Waals surface area contributed by atoms with Crippen LogP contribution in [0, 0.1) is 11.8 Å². The Morgan fingerprint density at radius 2 is 1.85 bits per heavy atom. The van der Waals surface area contributed by atoms with Crippen molar-refractivity contribution in [2.45, 2.75) is 44.6 Å². The zero-order chi connectivity index (χ0) is 23.8. The van der Waals surface area contributed by atoms with Gasteiger partial charge in [0.15, 0.2) is 0 Å². The number of nitrogens with zero attached hydrogens (tertiary/aromatic N) is 2. The van der Waals surface area contributed by atoms with Gasteiger partial charge < -0.3 is 20.1 Å². The lowest BCUT2D eigenvalue weighted by Gasteiger charge is -2.31. The highest BCUT2D eigenvalue weighted by molar-refractivity contribution is 5.85. The van der Waals surface area contributed by atoms with Crippen LogP contribution >= 0.6 is 0 Å². The van der Waals surface area contributed by atoms with Crippen LogP contribution < -0.4 is 10.1 Å². The first kappa shape index (κ1) is 24.2. The number of pyridine rings is 1. The summed E-state index contributed by atoms with van der Waals surface area (Å²) in [5, 5.41) is 12.5. The maximum Gasteiger partial charge on any atom is 0.414 e. The van der Waals surface area contributed by atoms with Crippen molar-refractivity contribution in [3.05, 3.63) is 59.9 Å². The number of carbonyl (C=O) groups excluding carboxylic acids is 2. The molecule has 1 aliphatic carbocycles. The number of amides is 2. The third kappa shape index (κ3) is 7.03. The summed E-state index contributed by atoms with van der Waals surface area (Å²) >= 11 is 0. The summed E-state index contributed by atoms with van der Waals surface area (Å²) in [6, 6.07) is 9.49. The van der Waals surface area contributed by atoms with Crippen LogP contribution in [0.2, 0.25) is 0 Å². The van der Waals surface area contributed by atoms with E-state index in [1.54, 1.807) is 44.6 Å². The molecular formula is C25H31N3O5. The Morgan fingerprint density at radius 1 is 1.12 bits per heavy atom. The molecule has 0 bridgehead atoms.